The monoisotopic (exact) mass is 218 g/mol. The second kappa shape index (κ2) is 4.82. The maximum atomic E-state index is 10.6. The molecular formula is C13H14O3. The summed E-state index contributed by atoms with van der Waals surface area (Å²) in [5.74, 6) is 1.59. The van der Waals surface area contributed by atoms with E-state index in [4.69, 9.17) is 16.3 Å². The van der Waals surface area contributed by atoms with Crippen LogP contribution in [0.1, 0.15) is 29.8 Å². The molecular weight excluding hydrogens is 204 g/mol. The fraction of sp³-hybridized carbons (Fsp3) is 0.308. The molecule has 1 rings (SSSR count). The fourth-order valence-electron chi connectivity index (χ4n) is 1.05. The van der Waals surface area contributed by atoms with E-state index in [0.717, 1.165) is 5.56 Å². The van der Waals surface area contributed by atoms with Crippen molar-refractivity contribution in [3.8, 4) is 12.3 Å². The number of aromatic carboxylic acids is 1. The third-order valence-corrected chi connectivity index (χ3v) is 2.15. The Morgan fingerprint density at radius 2 is 2.00 bits per heavy atom. The molecule has 0 aliphatic carbocycles. The molecule has 84 valence electrons. The van der Waals surface area contributed by atoms with E-state index in [1.807, 2.05) is 0 Å². The highest BCUT2D eigenvalue weighted by Crippen LogP contribution is 2.12. The van der Waals surface area contributed by atoms with Crippen LogP contribution in [0.3, 0.4) is 0 Å². The Balaban J connectivity index is 2.64. The largest absolute Gasteiger partial charge is 0.478 e. The number of ether oxygens (including phenoxy) is 1. The molecule has 1 aromatic rings. The normalized spacial score (nSPS) is 10.8. The minimum absolute atomic E-state index is 0.264. The van der Waals surface area contributed by atoms with Crippen molar-refractivity contribution in [1.29, 1.82) is 0 Å². The van der Waals surface area contributed by atoms with Gasteiger partial charge in [-0.15, -0.1) is 6.42 Å². The van der Waals surface area contributed by atoms with Crippen LogP contribution in [-0.2, 0) is 11.3 Å². The van der Waals surface area contributed by atoms with E-state index in [1.54, 1.807) is 38.1 Å². The average Bonchev–Trinajstić information content (AvgIpc) is 2.27. The van der Waals surface area contributed by atoms with Gasteiger partial charge in [-0.05, 0) is 31.5 Å². The van der Waals surface area contributed by atoms with Gasteiger partial charge >= 0.3 is 5.97 Å². The zero-order valence-electron chi connectivity index (χ0n) is 9.36. The molecule has 0 spiro atoms. The fourth-order valence-corrected chi connectivity index (χ4v) is 1.05. The van der Waals surface area contributed by atoms with E-state index in [2.05, 4.69) is 5.92 Å². The van der Waals surface area contributed by atoms with Crippen molar-refractivity contribution in [2.75, 3.05) is 0 Å². The molecule has 1 N–H and O–H groups in total. The topological polar surface area (TPSA) is 46.5 Å². The number of carbonyl (C=O) groups is 1. The Kier molecular flexibility index (Phi) is 3.70. The number of terminal acetylenes is 1. The highest BCUT2D eigenvalue weighted by Gasteiger charge is 2.13. The molecule has 0 bridgehead atoms. The third-order valence-electron chi connectivity index (χ3n) is 2.15. The molecule has 0 aromatic heterocycles. The van der Waals surface area contributed by atoms with Crippen LogP contribution in [0.25, 0.3) is 0 Å². The van der Waals surface area contributed by atoms with Gasteiger partial charge in [0.2, 0.25) is 0 Å². The van der Waals surface area contributed by atoms with Crippen molar-refractivity contribution in [3.63, 3.8) is 0 Å². The van der Waals surface area contributed by atoms with Gasteiger partial charge in [0.25, 0.3) is 0 Å². The SMILES string of the molecule is C#CC(C)(C)OCc1ccc(C(=O)O)cc1. The Bertz CT molecular complexity index is 410. The Morgan fingerprint density at radius 3 is 2.44 bits per heavy atom. The summed E-state index contributed by atoms with van der Waals surface area (Å²) in [6, 6.07) is 6.53. The first-order chi connectivity index (χ1) is 7.44. The summed E-state index contributed by atoms with van der Waals surface area (Å²) in [6.45, 7) is 3.98. The minimum atomic E-state index is -0.934. The van der Waals surface area contributed by atoms with Gasteiger partial charge in [-0.1, -0.05) is 18.1 Å². The summed E-state index contributed by atoms with van der Waals surface area (Å²) in [5, 5.41) is 8.72. The molecule has 0 radical (unpaired) electrons. The predicted octanol–water partition coefficient (Wildman–Crippen LogP) is 2.31. The number of benzene rings is 1. The maximum absolute atomic E-state index is 10.6. The lowest BCUT2D eigenvalue weighted by Gasteiger charge is -2.18. The van der Waals surface area contributed by atoms with E-state index in [9.17, 15) is 4.79 Å². The van der Waals surface area contributed by atoms with Crippen LogP contribution in [0.5, 0.6) is 0 Å². The van der Waals surface area contributed by atoms with Crippen molar-refractivity contribution in [3.05, 3.63) is 35.4 Å². The van der Waals surface area contributed by atoms with Crippen molar-refractivity contribution < 1.29 is 14.6 Å². The zero-order chi connectivity index (χ0) is 12.2. The van der Waals surface area contributed by atoms with Gasteiger partial charge < -0.3 is 9.84 Å². The summed E-state index contributed by atoms with van der Waals surface area (Å²) >= 11 is 0. The second-order valence-electron chi connectivity index (χ2n) is 3.95. The van der Waals surface area contributed by atoms with Crippen LogP contribution in [0.15, 0.2) is 24.3 Å². The Hall–Kier alpha value is -1.79. The molecule has 3 heteroatoms. The van der Waals surface area contributed by atoms with Crippen LogP contribution >= 0.6 is 0 Å². The van der Waals surface area contributed by atoms with E-state index in [1.165, 1.54) is 0 Å². The van der Waals surface area contributed by atoms with Crippen molar-refractivity contribution in [2.24, 2.45) is 0 Å². The van der Waals surface area contributed by atoms with Crippen molar-refractivity contribution in [1.82, 2.24) is 0 Å². The highest BCUT2D eigenvalue weighted by atomic mass is 16.5. The van der Waals surface area contributed by atoms with Gasteiger partial charge in [-0.2, -0.15) is 0 Å². The first kappa shape index (κ1) is 12.3. The molecule has 0 heterocycles. The smallest absolute Gasteiger partial charge is 0.335 e. The summed E-state index contributed by atoms with van der Waals surface area (Å²) in [7, 11) is 0. The van der Waals surface area contributed by atoms with Crippen LogP contribution in [0, 0.1) is 12.3 Å². The van der Waals surface area contributed by atoms with Gasteiger partial charge in [0, 0.05) is 0 Å². The van der Waals surface area contributed by atoms with Crippen molar-refractivity contribution in [2.45, 2.75) is 26.1 Å². The maximum Gasteiger partial charge on any atom is 0.335 e. The van der Waals surface area contributed by atoms with E-state index < -0.39 is 11.6 Å². The van der Waals surface area contributed by atoms with Gasteiger partial charge in [0.1, 0.15) is 5.60 Å². The third kappa shape index (κ3) is 3.41. The van der Waals surface area contributed by atoms with Crippen LogP contribution in [0.2, 0.25) is 0 Å². The van der Waals surface area contributed by atoms with Gasteiger partial charge in [-0.25, -0.2) is 4.79 Å². The van der Waals surface area contributed by atoms with Crippen molar-refractivity contribution >= 4 is 5.97 Å². The number of carboxylic acid groups (broad SMARTS) is 1. The number of carboxylic acids is 1. The summed E-state index contributed by atoms with van der Waals surface area (Å²) in [4.78, 5) is 10.6. The first-order valence-corrected chi connectivity index (χ1v) is 4.88. The van der Waals surface area contributed by atoms with Crippen LogP contribution in [-0.4, -0.2) is 16.7 Å². The second-order valence-corrected chi connectivity index (χ2v) is 3.95. The summed E-state index contributed by atoms with van der Waals surface area (Å²) < 4.78 is 5.48. The van der Waals surface area contributed by atoms with Crippen LogP contribution < -0.4 is 0 Å². The number of hydrogen-bond donors (Lipinski definition) is 1. The lowest BCUT2D eigenvalue weighted by atomic mass is 10.1. The number of rotatable bonds is 4. The van der Waals surface area contributed by atoms with E-state index in [-0.39, 0.29) is 5.56 Å². The van der Waals surface area contributed by atoms with E-state index in [0.29, 0.717) is 6.61 Å². The molecule has 0 amide bonds. The molecule has 0 unspecified atom stereocenters. The van der Waals surface area contributed by atoms with Gasteiger partial charge in [0.15, 0.2) is 0 Å². The summed E-state index contributed by atoms with van der Waals surface area (Å²) in [5.41, 5.74) is 0.555. The highest BCUT2D eigenvalue weighted by molar-refractivity contribution is 5.87. The molecule has 0 aliphatic heterocycles. The summed E-state index contributed by atoms with van der Waals surface area (Å²) in [6.07, 6.45) is 5.28. The molecule has 0 saturated heterocycles. The quantitative estimate of drug-likeness (QED) is 0.789. The molecule has 3 nitrogen and oxygen atoms in total. The molecule has 1 aromatic carbocycles. The number of hydrogen-bond acceptors (Lipinski definition) is 2. The lowest BCUT2D eigenvalue weighted by molar-refractivity contribution is 0.0145. The van der Waals surface area contributed by atoms with E-state index >= 15 is 0 Å². The molecule has 0 saturated carbocycles. The van der Waals surface area contributed by atoms with Crippen LogP contribution in [0.4, 0.5) is 0 Å². The van der Waals surface area contributed by atoms with Gasteiger partial charge in [-0.3, -0.25) is 0 Å². The average molecular weight is 218 g/mol. The molecule has 0 aliphatic rings. The predicted molar refractivity (Wildman–Crippen MR) is 61.1 cm³/mol. The molecule has 0 atom stereocenters. The first-order valence-electron chi connectivity index (χ1n) is 4.88. The molecule has 16 heavy (non-hydrogen) atoms. The lowest BCUT2D eigenvalue weighted by Crippen LogP contribution is -2.21. The Labute approximate surface area is 95.1 Å². The van der Waals surface area contributed by atoms with Gasteiger partial charge in [0.05, 0.1) is 12.2 Å². The minimum Gasteiger partial charge on any atom is -0.478 e. The molecule has 0 fully saturated rings. The zero-order valence-corrected chi connectivity index (χ0v) is 9.36. The Morgan fingerprint density at radius 1 is 1.44 bits per heavy atom. The standard InChI is InChI=1S/C13H14O3/c1-4-13(2,3)16-9-10-5-7-11(8-6-10)12(14)15/h1,5-8H,9H2,2-3H3,(H,14,15).